The average Bonchev–Trinajstić information content (AvgIpc) is 3.68. The number of methoxy groups -OCH3 is 1. The third kappa shape index (κ3) is 4.34. The highest BCUT2D eigenvalue weighted by Gasteiger charge is 2.42. The standard InChI is InChI=1S/C26H30N6O4S2/c1-16-12-22-30-23(29-16)19-6-5-11-32(19)38(34,35)17-7-8-20(36-2)18(13-17)26(9-3-4-10-26)15-28-24(33)21-14-27-25(31-22)37-21/h7-8,12-14,19H,3-6,9-11,15H2,1-2H3,(H,28,33)(H,27,29,30,31). The van der Waals surface area contributed by atoms with Crippen molar-refractivity contribution in [3.05, 3.63) is 52.4 Å². The first-order valence-electron chi connectivity index (χ1n) is 12.9. The zero-order chi connectivity index (χ0) is 26.5. The summed E-state index contributed by atoms with van der Waals surface area (Å²) in [5.74, 6) is 1.38. The topological polar surface area (TPSA) is 126 Å². The first-order chi connectivity index (χ1) is 18.3. The maximum absolute atomic E-state index is 14.1. The second kappa shape index (κ2) is 9.58. The van der Waals surface area contributed by atoms with Crippen LogP contribution in [0.25, 0.3) is 0 Å². The van der Waals surface area contributed by atoms with Crippen LogP contribution in [0.1, 0.15) is 71.3 Å². The minimum absolute atomic E-state index is 0.214. The SMILES string of the molecule is COc1ccc2cc1C1(CCCC1)CNC(=O)c1cnc(s1)Nc1cc(C)nc(n1)C1CCCN1S2(=O)=O. The lowest BCUT2D eigenvalue weighted by Crippen LogP contribution is -2.39. The highest BCUT2D eigenvalue weighted by atomic mass is 32.2. The van der Waals surface area contributed by atoms with E-state index in [9.17, 15) is 13.2 Å². The summed E-state index contributed by atoms with van der Waals surface area (Å²) in [4.78, 5) is 27.5. The number of carbonyl (C=O) groups excluding carboxylic acids is 1. The second-order valence-electron chi connectivity index (χ2n) is 10.2. The number of hydrogen-bond donors (Lipinski definition) is 2. The van der Waals surface area contributed by atoms with Crippen molar-refractivity contribution in [2.75, 3.05) is 25.5 Å². The lowest BCUT2D eigenvalue weighted by atomic mass is 9.78. The number of aromatic nitrogens is 3. The summed E-state index contributed by atoms with van der Waals surface area (Å²) in [7, 11) is -2.26. The van der Waals surface area contributed by atoms with E-state index >= 15 is 0 Å². The molecule has 3 aromatic rings. The summed E-state index contributed by atoms with van der Waals surface area (Å²) in [5.41, 5.74) is 1.10. The monoisotopic (exact) mass is 554 g/mol. The number of sulfonamides is 1. The van der Waals surface area contributed by atoms with E-state index in [1.54, 1.807) is 37.6 Å². The Labute approximate surface area is 225 Å². The number of benzene rings is 1. The van der Waals surface area contributed by atoms with Crippen molar-refractivity contribution in [3.8, 4) is 5.75 Å². The van der Waals surface area contributed by atoms with Crippen molar-refractivity contribution < 1.29 is 17.9 Å². The summed E-state index contributed by atoms with van der Waals surface area (Å²) < 4.78 is 35.4. The summed E-state index contributed by atoms with van der Waals surface area (Å²) in [6.07, 6.45) is 6.56. The molecule has 6 rings (SSSR count). The number of ether oxygens (including phenoxy) is 1. The molecule has 3 aliphatic rings. The highest BCUT2D eigenvalue weighted by molar-refractivity contribution is 7.89. The molecule has 2 aromatic heterocycles. The number of anilines is 2. The molecule has 1 saturated carbocycles. The molecule has 4 heterocycles. The number of fused-ring (bicyclic) bond motifs is 9. The molecule has 10 nitrogen and oxygen atoms in total. The van der Waals surface area contributed by atoms with Gasteiger partial charge in [-0.05, 0) is 50.8 Å². The Morgan fingerprint density at radius 2 is 1.97 bits per heavy atom. The Balaban J connectivity index is 1.52. The molecule has 1 amide bonds. The van der Waals surface area contributed by atoms with Crippen molar-refractivity contribution >= 4 is 38.2 Å². The molecule has 12 heteroatoms. The molecule has 200 valence electrons. The van der Waals surface area contributed by atoms with E-state index in [0.29, 0.717) is 52.6 Å². The Hall–Kier alpha value is -3.09. The first-order valence-corrected chi connectivity index (χ1v) is 15.1. The van der Waals surface area contributed by atoms with Gasteiger partial charge in [0.2, 0.25) is 10.0 Å². The molecule has 1 aliphatic carbocycles. The van der Waals surface area contributed by atoms with E-state index in [4.69, 9.17) is 4.74 Å². The summed E-state index contributed by atoms with van der Waals surface area (Å²) in [6, 6.07) is 6.42. The van der Waals surface area contributed by atoms with Crippen molar-refractivity contribution in [2.24, 2.45) is 0 Å². The first kappa shape index (κ1) is 25.2. The molecule has 1 atom stereocenters. The van der Waals surface area contributed by atoms with Crippen LogP contribution in [0, 0.1) is 6.92 Å². The third-order valence-corrected chi connectivity index (χ3v) is 10.7. The Morgan fingerprint density at radius 3 is 2.76 bits per heavy atom. The van der Waals surface area contributed by atoms with Crippen LogP contribution in [0.15, 0.2) is 35.4 Å². The van der Waals surface area contributed by atoms with E-state index in [2.05, 4.69) is 25.6 Å². The van der Waals surface area contributed by atoms with Gasteiger partial charge in [0.05, 0.1) is 24.2 Å². The Morgan fingerprint density at radius 1 is 1.16 bits per heavy atom. The van der Waals surface area contributed by atoms with Crippen LogP contribution in [-0.4, -0.2) is 53.8 Å². The van der Waals surface area contributed by atoms with Crippen LogP contribution >= 0.6 is 11.3 Å². The van der Waals surface area contributed by atoms with E-state index in [0.717, 1.165) is 37.7 Å². The zero-order valence-corrected chi connectivity index (χ0v) is 23.0. The van der Waals surface area contributed by atoms with Crippen LogP contribution in [0.2, 0.25) is 0 Å². The minimum Gasteiger partial charge on any atom is -0.496 e. The van der Waals surface area contributed by atoms with Gasteiger partial charge in [0, 0.05) is 35.8 Å². The molecule has 2 fully saturated rings. The highest BCUT2D eigenvalue weighted by Crippen LogP contribution is 2.46. The number of nitrogens with zero attached hydrogens (tertiary/aromatic N) is 4. The lowest BCUT2D eigenvalue weighted by Gasteiger charge is -2.32. The summed E-state index contributed by atoms with van der Waals surface area (Å²) in [6.45, 7) is 2.62. The van der Waals surface area contributed by atoms with Gasteiger partial charge in [0.25, 0.3) is 5.91 Å². The van der Waals surface area contributed by atoms with Gasteiger partial charge >= 0.3 is 0 Å². The number of rotatable bonds is 1. The molecule has 1 spiro atoms. The predicted molar refractivity (Wildman–Crippen MR) is 144 cm³/mol. The molecule has 1 unspecified atom stereocenters. The minimum atomic E-state index is -3.85. The molecule has 1 aromatic carbocycles. The second-order valence-corrected chi connectivity index (χ2v) is 13.1. The number of nitrogens with one attached hydrogen (secondary N) is 2. The van der Waals surface area contributed by atoms with E-state index in [1.165, 1.54) is 15.6 Å². The van der Waals surface area contributed by atoms with Crippen molar-refractivity contribution in [3.63, 3.8) is 0 Å². The predicted octanol–water partition coefficient (Wildman–Crippen LogP) is 4.07. The molecule has 0 radical (unpaired) electrons. The van der Waals surface area contributed by atoms with Gasteiger partial charge in [-0.25, -0.2) is 23.4 Å². The Bertz CT molecular complexity index is 1500. The van der Waals surface area contributed by atoms with Crippen molar-refractivity contribution in [1.82, 2.24) is 24.6 Å². The van der Waals surface area contributed by atoms with Gasteiger partial charge in [-0.1, -0.05) is 24.2 Å². The molecule has 2 N–H and O–H groups in total. The molecular weight excluding hydrogens is 524 g/mol. The normalized spacial score (nSPS) is 22.4. The average molecular weight is 555 g/mol. The molecule has 1 saturated heterocycles. The van der Waals surface area contributed by atoms with Gasteiger partial charge in [0.15, 0.2) is 5.13 Å². The van der Waals surface area contributed by atoms with Crippen molar-refractivity contribution in [2.45, 2.75) is 61.8 Å². The number of carbonyl (C=O) groups is 1. The number of hydrogen-bond acceptors (Lipinski definition) is 9. The fraction of sp³-hybridized carbons (Fsp3) is 0.462. The van der Waals surface area contributed by atoms with E-state index < -0.39 is 21.5 Å². The molecule has 2 aliphatic heterocycles. The zero-order valence-electron chi connectivity index (χ0n) is 21.4. The summed E-state index contributed by atoms with van der Waals surface area (Å²) >= 11 is 1.25. The van der Waals surface area contributed by atoms with Crippen LogP contribution in [-0.2, 0) is 15.4 Å². The fourth-order valence-corrected chi connectivity index (χ4v) is 8.39. The van der Waals surface area contributed by atoms with Gasteiger partial charge in [0.1, 0.15) is 22.3 Å². The number of aryl methyl sites for hydroxylation is 1. The molecule has 38 heavy (non-hydrogen) atoms. The number of thiazole rings is 1. The third-order valence-electron chi connectivity index (χ3n) is 7.83. The van der Waals surface area contributed by atoms with E-state index in [1.807, 2.05) is 6.92 Å². The summed E-state index contributed by atoms with van der Waals surface area (Å²) in [5, 5.41) is 6.81. The lowest BCUT2D eigenvalue weighted by molar-refractivity contribution is 0.0946. The smallest absolute Gasteiger partial charge is 0.263 e. The Kier molecular flexibility index (Phi) is 6.36. The van der Waals surface area contributed by atoms with E-state index in [-0.39, 0.29) is 10.8 Å². The van der Waals surface area contributed by atoms with Crippen LogP contribution in [0.4, 0.5) is 10.9 Å². The maximum Gasteiger partial charge on any atom is 0.263 e. The van der Waals surface area contributed by atoms with Crippen LogP contribution in [0.3, 0.4) is 0 Å². The molecule has 6 bridgehead atoms. The van der Waals surface area contributed by atoms with Gasteiger partial charge in [-0.2, -0.15) is 4.31 Å². The maximum atomic E-state index is 14.1. The van der Waals surface area contributed by atoms with Crippen LogP contribution in [0.5, 0.6) is 5.75 Å². The quantitative estimate of drug-likeness (QED) is 0.461. The van der Waals surface area contributed by atoms with Gasteiger partial charge in [-0.3, -0.25) is 4.79 Å². The van der Waals surface area contributed by atoms with Crippen LogP contribution < -0.4 is 15.4 Å². The van der Waals surface area contributed by atoms with Gasteiger partial charge in [-0.15, -0.1) is 0 Å². The number of amides is 1. The molecular formula is C26H30N6O4S2. The largest absolute Gasteiger partial charge is 0.496 e. The van der Waals surface area contributed by atoms with Gasteiger partial charge < -0.3 is 15.4 Å². The fourth-order valence-electron chi connectivity index (χ4n) is 5.96. The van der Waals surface area contributed by atoms with Crippen molar-refractivity contribution in [1.29, 1.82) is 0 Å².